The van der Waals surface area contributed by atoms with E-state index in [9.17, 15) is 17.3 Å². The summed E-state index contributed by atoms with van der Waals surface area (Å²) in [6, 6.07) is 23.3. The van der Waals surface area contributed by atoms with Crippen LogP contribution in [0.25, 0.3) is 32.8 Å². The monoisotopic (exact) mass is 387 g/mol. The first kappa shape index (κ1) is 19.7. The lowest BCUT2D eigenvalue weighted by molar-refractivity contribution is -0.659. The van der Waals surface area contributed by atoms with E-state index in [4.69, 9.17) is 4.74 Å². The molecule has 0 amide bonds. The average molecular weight is 387 g/mol. The molecule has 0 saturated carbocycles. The van der Waals surface area contributed by atoms with E-state index in [0.29, 0.717) is 0 Å². The lowest BCUT2D eigenvalue weighted by Crippen LogP contribution is -2.30. The van der Waals surface area contributed by atoms with Gasteiger partial charge >= 0.3 is 7.25 Å². The van der Waals surface area contributed by atoms with Gasteiger partial charge < -0.3 is 22.0 Å². The van der Waals surface area contributed by atoms with Crippen LogP contribution < -0.4 is 9.30 Å². The van der Waals surface area contributed by atoms with Crippen molar-refractivity contribution >= 4 is 28.8 Å². The molecule has 1 heterocycles. The summed E-state index contributed by atoms with van der Waals surface area (Å²) >= 11 is 0. The molecule has 0 saturated heterocycles. The van der Waals surface area contributed by atoms with E-state index in [-0.39, 0.29) is 0 Å². The second kappa shape index (κ2) is 7.88. The van der Waals surface area contributed by atoms with Crippen molar-refractivity contribution in [3.8, 4) is 17.0 Å². The summed E-state index contributed by atoms with van der Waals surface area (Å²) in [7, 11) is -2.18. The molecule has 144 valence electrons. The molecule has 1 aromatic heterocycles. The quantitative estimate of drug-likeness (QED) is 0.241. The number of pyridine rings is 1. The number of aryl methyl sites for hydroxylation is 1. The van der Waals surface area contributed by atoms with Crippen LogP contribution in [-0.4, -0.2) is 14.4 Å². The highest BCUT2D eigenvalue weighted by Gasteiger charge is 2.21. The normalized spacial score (nSPS) is 11.2. The number of halogens is 4. The number of benzene rings is 3. The first-order valence-electron chi connectivity index (χ1n) is 8.60. The van der Waals surface area contributed by atoms with Gasteiger partial charge in [0.05, 0.1) is 18.1 Å². The topological polar surface area (TPSA) is 13.1 Å². The van der Waals surface area contributed by atoms with E-state index < -0.39 is 7.25 Å². The van der Waals surface area contributed by atoms with Gasteiger partial charge in [0, 0.05) is 6.07 Å². The maximum atomic E-state index is 9.75. The van der Waals surface area contributed by atoms with Gasteiger partial charge in [0.15, 0.2) is 6.20 Å². The molecular weight excluding hydrogens is 369 g/mol. The fourth-order valence-corrected chi connectivity index (χ4v) is 3.29. The smallest absolute Gasteiger partial charge is 0.496 e. The van der Waals surface area contributed by atoms with Crippen molar-refractivity contribution in [2.45, 2.75) is 0 Å². The molecule has 0 bridgehead atoms. The third-order valence-corrected chi connectivity index (χ3v) is 4.39. The molecule has 0 aliphatic heterocycles. The summed E-state index contributed by atoms with van der Waals surface area (Å²) in [5, 5.41) is 4.89. The van der Waals surface area contributed by atoms with Gasteiger partial charge in [-0.15, -0.1) is 0 Å². The molecule has 2 nitrogen and oxygen atoms in total. The van der Waals surface area contributed by atoms with Crippen molar-refractivity contribution in [1.82, 2.24) is 0 Å². The third-order valence-electron chi connectivity index (χ3n) is 4.39. The number of aromatic nitrogens is 1. The van der Waals surface area contributed by atoms with E-state index in [2.05, 4.69) is 84.5 Å². The summed E-state index contributed by atoms with van der Waals surface area (Å²) < 4.78 is 46.9. The highest BCUT2D eigenvalue weighted by molar-refractivity contribution is 6.50. The summed E-state index contributed by atoms with van der Waals surface area (Å²) in [5.74, 6) is 0.899. The highest BCUT2D eigenvalue weighted by atomic mass is 19.5. The molecule has 0 atom stereocenters. The lowest BCUT2D eigenvalue weighted by atomic mass is 9.97. The van der Waals surface area contributed by atoms with Crippen LogP contribution in [0.4, 0.5) is 17.3 Å². The zero-order valence-corrected chi connectivity index (χ0v) is 15.4. The summed E-state index contributed by atoms with van der Waals surface area (Å²) in [6.45, 7) is 0. The van der Waals surface area contributed by atoms with Crippen LogP contribution in [-0.2, 0) is 7.05 Å². The predicted octanol–water partition coefficient (Wildman–Crippen LogP) is 5.79. The van der Waals surface area contributed by atoms with Gasteiger partial charge in [-0.3, -0.25) is 0 Å². The minimum atomic E-state index is -6.00. The summed E-state index contributed by atoms with van der Waals surface area (Å²) in [5.41, 5.74) is 2.32. The standard InChI is InChI=1S/C21H18NO.BF4/c1-22-14-13-16-8-4-6-10-18(16)21(22)20-17-9-5-3-7-15(17)11-12-19(20)23-2;2-1(3,4)5/h3-14H,1-2H3;/q+1;-1. The predicted molar refractivity (Wildman–Crippen MR) is 105 cm³/mol. The van der Waals surface area contributed by atoms with Crippen molar-refractivity contribution in [3.05, 3.63) is 72.9 Å². The fourth-order valence-electron chi connectivity index (χ4n) is 3.29. The Morgan fingerprint density at radius 1 is 0.750 bits per heavy atom. The molecule has 0 N–H and O–H groups in total. The van der Waals surface area contributed by atoms with Crippen molar-refractivity contribution < 1.29 is 26.6 Å². The van der Waals surface area contributed by atoms with Crippen LogP contribution in [0.1, 0.15) is 0 Å². The number of hydrogen-bond donors (Lipinski definition) is 0. The number of rotatable bonds is 2. The first-order chi connectivity index (χ1) is 13.3. The molecule has 3 aromatic carbocycles. The van der Waals surface area contributed by atoms with Gasteiger partial charge in [-0.1, -0.05) is 48.5 Å². The molecule has 4 rings (SSSR count). The second-order valence-electron chi connectivity index (χ2n) is 6.22. The van der Waals surface area contributed by atoms with Gasteiger partial charge in [0.2, 0.25) is 5.69 Å². The Balaban J connectivity index is 0.000000403. The van der Waals surface area contributed by atoms with Gasteiger partial charge in [0.1, 0.15) is 12.8 Å². The van der Waals surface area contributed by atoms with Crippen LogP contribution in [0.3, 0.4) is 0 Å². The van der Waals surface area contributed by atoms with Crippen LogP contribution in [0.2, 0.25) is 0 Å². The lowest BCUT2D eigenvalue weighted by Gasteiger charge is -2.12. The van der Waals surface area contributed by atoms with E-state index in [0.717, 1.165) is 11.3 Å². The molecule has 28 heavy (non-hydrogen) atoms. The number of fused-ring (bicyclic) bond motifs is 2. The SMILES string of the molecule is COc1ccc2ccccc2c1-c1c2ccccc2cc[n+]1C.F[B-](F)(F)F. The molecule has 0 unspecified atom stereocenters. The number of methoxy groups -OCH3 is 1. The third kappa shape index (κ3) is 4.25. The van der Waals surface area contributed by atoms with Crippen molar-refractivity contribution in [3.63, 3.8) is 0 Å². The molecule has 0 aliphatic carbocycles. The zero-order chi connectivity index (χ0) is 20.3. The highest BCUT2D eigenvalue weighted by Crippen LogP contribution is 2.38. The molecule has 0 aliphatic rings. The maximum Gasteiger partial charge on any atom is 0.673 e. The minimum Gasteiger partial charge on any atom is -0.496 e. The largest absolute Gasteiger partial charge is 0.673 e. The number of ether oxygens (including phenoxy) is 1. The Bertz CT molecular complexity index is 1120. The van der Waals surface area contributed by atoms with E-state index >= 15 is 0 Å². The van der Waals surface area contributed by atoms with Crippen LogP contribution in [0.5, 0.6) is 5.75 Å². The molecule has 0 spiro atoms. The molecule has 0 radical (unpaired) electrons. The summed E-state index contributed by atoms with van der Waals surface area (Å²) in [6.07, 6.45) is 2.11. The van der Waals surface area contributed by atoms with Crippen LogP contribution in [0.15, 0.2) is 72.9 Å². The van der Waals surface area contributed by atoms with E-state index in [1.807, 2.05) is 0 Å². The van der Waals surface area contributed by atoms with E-state index in [1.54, 1.807) is 7.11 Å². The van der Waals surface area contributed by atoms with Gasteiger partial charge in [-0.05, 0) is 28.3 Å². The fraction of sp³-hybridized carbons (Fsp3) is 0.0952. The van der Waals surface area contributed by atoms with Gasteiger partial charge in [-0.25, -0.2) is 4.57 Å². The minimum absolute atomic E-state index is 0.899. The van der Waals surface area contributed by atoms with Crippen molar-refractivity contribution in [2.24, 2.45) is 7.05 Å². The Morgan fingerprint density at radius 3 is 1.89 bits per heavy atom. The molecular formula is C21H18BF4NO. The van der Waals surface area contributed by atoms with Crippen LogP contribution >= 0.6 is 0 Å². The van der Waals surface area contributed by atoms with Crippen LogP contribution in [0, 0.1) is 0 Å². The Kier molecular flexibility index (Phi) is 5.54. The zero-order valence-electron chi connectivity index (χ0n) is 15.4. The molecule has 0 fully saturated rings. The maximum absolute atomic E-state index is 9.75. The summed E-state index contributed by atoms with van der Waals surface area (Å²) in [4.78, 5) is 0. The first-order valence-corrected chi connectivity index (χ1v) is 8.60. The van der Waals surface area contributed by atoms with Gasteiger partial charge in [-0.2, -0.15) is 0 Å². The number of hydrogen-bond acceptors (Lipinski definition) is 1. The Hall–Kier alpha value is -3.09. The Morgan fingerprint density at radius 2 is 1.29 bits per heavy atom. The van der Waals surface area contributed by atoms with Crippen molar-refractivity contribution in [2.75, 3.05) is 7.11 Å². The molecule has 7 heteroatoms. The Labute approximate surface area is 160 Å². The average Bonchev–Trinajstić information content (AvgIpc) is 2.66. The number of nitrogens with zero attached hydrogens (tertiary/aromatic N) is 1. The second-order valence-corrected chi connectivity index (χ2v) is 6.22. The molecule has 4 aromatic rings. The van der Waals surface area contributed by atoms with Crippen molar-refractivity contribution in [1.29, 1.82) is 0 Å². The van der Waals surface area contributed by atoms with Gasteiger partial charge in [0.25, 0.3) is 0 Å². The van der Waals surface area contributed by atoms with E-state index in [1.165, 1.54) is 27.2 Å².